The van der Waals surface area contributed by atoms with E-state index in [1.54, 1.807) is 13.2 Å². The van der Waals surface area contributed by atoms with Gasteiger partial charge < -0.3 is 14.4 Å². The van der Waals surface area contributed by atoms with E-state index in [0.717, 1.165) is 46.6 Å². The number of aromatic nitrogens is 1. The number of methoxy groups -OCH3 is 1. The number of benzene rings is 1. The fraction of sp³-hybridized carbons (Fsp3) is 0.379. The molecule has 10 heteroatoms. The van der Waals surface area contributed by atoms with Crippen LogP contribution in [0.3, 0.4) is 0 Å². The second-order valence-electron chi connectivity index (χ2n) is 10.7. The molecule has 1 aromatic heterocycles. The Morgan fingerprint density at radius 1 is 1.15 bits per heavy atom. The lowest BCUT2D eigenvalue weighted by atomic mass is 9.83. The van der Waals surface area contributed by atoms with Gasteiger partial charge in [-0.1, -0.05) is 37.5 Å². The summed E-state index contributed by atoms with van der Waals surface area (Å²) in [7, 11) is 0.313. The first-order valence-corrected chi connectivity index (χ1v) is 14.7. The first-order valence-electron chi connectivity index (χ1n) is 13.2. The number of carbonyl (C=O) groups is 2. The van der Waals surface area contributed by atoms with E-state index in [1.807, 2.05) is 29.0 Å². The van der Waals surface area contributed by atoms with Crippen molar-refractivity contribution in [1.82, 2.24) is 13.6 Å². The van der Waals surface area contributed by atoms with Gasteiger partial charge in [0.25, 0.3) is 5.91 Å². The highest BCUT2D eigenvalue weighted by molar-refractivity contribution is 7.87. The van der Waals surface area contributed by atoms with E-state index in [1.165, 1.54) is 26.1 Å². The molecule has 0 unspecified atom stereocenters. The van der Waals surface area contributed by atoms with Crippen molar-refractivity contribution in [2.24, 2.45) is 5.92 Å². The lowest BCUT2D eigenvalue weighted by Crippen LogP contribution is -2.39. The van der Waals surface area contributed by atoms with Gasteiger partial charge in [-0.15, -0.1) is 0 Å². The van der Waals surface area contributed by atoms with Crippen LogP contribution in [0.15, 0.2) is 52.6 Å². The number of carboxylic acid groups (broad SMARTS) is 1. The van der Waals surface area contributed by atoms with Gasteiger partial charge in [-0.3, -0.25) is 9.59 Å². The number of carbonyl (C=O) groups excluding carboxylic acids is 1. The molecule has 4 aliphatic rings. The molecule has 3 aliphatic carbocycles. The number of allylic oxidation sites excluding steroid dienone is 4. The Morgan fingerprint density at radius 3 is 2.56 bits per heavy atom. The quantitative estimate of drug-likeness (QED) is 0.558. The van der Waals surface area contributed by atoms with Gasteiger partial charge in [0.2, 0.25) is 0 Å². The summed E-state index contributed by atoms with van der Waals surface area (Å²) in [6.07, 6.45) is 11.5. The molecular formula is C29H31N3O6S. The molecule has 2 N–H and O–H groups in total. The standard InChI is InChI=1S/C29H31N3O6S/c1-31(2)39(36,37)30-28(33)26-21-15-32-22(24-18(25(21)26)10-7-11-19(24)29(34)35)14-20-23(38-3)13-12-17(27(20)32)16-8-5-4-6-9-16/h7,10,12-16,19H,4-6,8-9,11H2,1-3H3,(H,30,33)(H,34,35)/t19-/m1/s1. The highest BCUT2D eigenvalue weighted by Crippen LogP contribution is 2.54. The SMILES string of the molecule is COc1ccc(C2CCCCC2)c2c1cc1n2C=C2C(C(=O)NS(=O)(=O)N(C)C)=C2C2=C1[C@H](C(=O)O)CC=C2. The van der Waals surface area contributed by atoms with E-state index in [-0.39, 0.29) is 5.57 Å². The van der Waals surface area contributed by atoms with E-state index in [0.29, 0.717) is 40.4 Å². The van der Waals surface area contributed by atoms with Gasteiger partial charge in [0.15, 0.2) is 0 Å². The van der Waals surface area contributed by atoms with Crippen molar-refractivity contribution in [2.45, 2.75) is 44.4 Å². The van der Waals surface area contributed by atoms with Crippen LogP contribution in [0, 0.1) is 5.92 Å². The van der Waals surface area contributed by atoms with Crippen LogP contribution in [0.4, 0.5) is 0 Å². The van der Waals surface area contributed by atoms with Crippen molar-refractivity contribution in [3.8, 4) is 5.75 Å². The Balaban J connectivity index is 1.60. The molecule has 204 valence electrons. The minimum Gasteiger partial charge on any atom is -0.496 e. The van der Waals surface area contributed by atoms with Crippen LogP contribution in [0.2, 0.25) is 0 Å². The van der Waals surface area contributed by atoms with Crippen LogP contribution in [0.1, 0.15) is 55.7 Å². The minimum absolute atomic E-state index is 0.262. The topological polar surface area (TPSA) is 118 Å². The molecule has 39 heavy (non-hydrogen) atoms. The maximum absolute atomic E-state index is 13.2. The zero-order chi connectivity index (χ0) is 27.6. The van der Waals surface area contributed by atoms with Crippen molar-refractivity contribution in [3.63, 3.8) is 0 Å². The number of hydrogen-bond donors (Lipinski definition) is 2. The number of nitrogens with one attached hydrogen (secondary N) is 1. The first-order chi connectivity index (χ1) is 18.6. The Morgan fingerprint density at radius 2 is 1.90 bits per heavy atom. The summed E-state index contributed by atoms with van der Waals surface area (Å²) in [5.74, 6) is -1.43. The molecule has 1 saturated carbocycles. The maximum atomic E-state index is 13.2. The Hall–Kier alpha value is -3.63. The lowest BCUT2D eigenvalue weighted by molar-refractivity contribution is -0.139. The second-order valence-corrected chi connectivity index (χ2v) is 12.6. The molecule has 2 aromatic rings. The molecule has 0 spiro atoms. The fourth-order valence-electron chi connectivity index (χ4n) is 6.32. The summed E-state index contributed by atoms with van der Waals surface area (Å²) in [6, 6.07) is 6.09. The molecule has 1 fully saturated rings. The van der Waals surface area contributed by atoms with E-state index < -0.39 is 28.0 Å². The number of aliphatic carboxylic acids is 1. The summed E-state index contributed by atoms with van der Waals surface area (Å²) in [6.45, 7) is 0. The van der Waals surface area contributed by atoms with E-state index >= 15 is 0 Å². The third kappa shape index (κ3) is 4.04. The first kappa shape index (κ1) is 25.6. The minimum atomic E-state index is -4.00. The van der Waals surface area contributed by atoms with Gasteiger partial charge in [0.05, 0.1) is 29.8 Å². The molecule has 1 aliphatic heterocycles. The van der Waals surface area contributed by atoms with Crippen LogP contribution in [0.25, 0.3) is 22.7 Å². The van der Waals surface area contributed by atoms with Crippen LogP contribution in [-0.4, -0.2) is 55.5 Å². The average molecular weight is 550 g/mol. The summed E-state index contributed by atoms with van der Waals surface area (Å²) >= 11 is 0. The Labute approximate surface area is 227 Å². The van der Waals surface area contributed by atoms with E-state index in [4.69, 9.17) is 4.74 Å². The number of nitrogens with zero attached hydrogens (tertiary/aromatic N) is 2. The molecule has 6 rings (SSSR count). The third-order valence-corrected chi connectivity index (χ3v) is 9.71. The van der Waals surface area contributed by atoms with Gasteiger partial charge in [-0.25, -0.2) is 4.72 Å². The number of hydrogen-bond acceptors (Lipinski definition) is 5. The number of carboxylic acids is 1. The average Bonchev–Trinajstić information content (AvgIpc) is 3.54. The van der Waals surface area contributed by atoms with Crippen LogP contribution in [0.5, 0.6) is 5.75 Å². The Bertz CT molecular complexity index is 1670. The van der Waals surface area contributed by atoms with Gasteiger partial charge in [0, 0.05) is 36.8 Å². The van der Waals surface area contributed by atoms with Gasteiger partial charge >= 0.3 is 16.2 Å². The van der Waals surface area contributed by atoms with E-state index in [9.17, 15) is 23.1 Å². The fourth-order valence-corrected chi connectivity index (χ4v) is 6.83. The van der Waals surface area contributed by atoms with Crippen molar-refractivity contribution >= 4 is 44.8 Å². The largest absolute Gasteiger partial charge is 0.496 e. The van der Waals surface area contributed by atoms with Crippen molar-refractivity contribution < 1.29 is 27.9 Å². The summed E-state index contributed by atoms with van der Waals surface area (Å²) in [4.78, 5) is 25.7. The lowest BCUT2D eigenvalue weighted by Gasteiger charge is -2.24. The maximum Gasteiger partial charge on any atom is 0.311 e. The molecule has 1 amide bonds. The van der Waals surface area contributed by atoms with Crippen LogP contribution >= 0.6 is 0 Å². The zero-order valence-corrected chi connectivity index (χ0v) is 23.0. The number of ether oxygens (including phenoxy) is 1. The molecule has 1 atom stereocenters. The van der Waals surface area contributed by atoms with Gasteiger partial charge in [-0.05, 0) is 54.0 Å². The van der Waals surface area contributed by atoms with Crippen molar-refractivity contribution in [2.75, 3.05) is 21.2 Å². The molecule has 0 saturated heterocycles. The predicted octanol–water partition coefficient (Wildman–Crippen LogP) is 4.20. The van der Waals surface area contributed by atoms with Crippen molar-refractivity contribution in [1.29, 1.82) is 0 Å². The van der Waals surface area contributed by atoms with Gasteiger partial charge in [-0.2, -0.15) is 12.7 Å². The smallest absolute Gasteiger partial charge is 0.311 e. The number of fused-ring (bicyclic) bond motifs is 6. The molecule has 0 bridgehead atoms. The molecule has 1 aromatic carbocycles. The monoisotopic (exact) mass is 549 g/mol. The third-order valence-electron chi connectivity index (χ3n) is 8.31. The number of amides is 1. The predicted molar refractivity (Wildman–Crippen MR) is 148 cm³/mol. The van der Waals surface area contributed by atoms with Crippen LogP contribution in [-0.2, 0) is 19.8 Å². The van der Waals surface area contributed by atoms with Crippen LogP contribution < -0.4 is 9.46 Å². The van der Waals surface area contributed by atoms with Crippen molar-refractivity contribution in [3.05, 3.63) is 63.9 Å². The highest BCUT2D eigenvalue weighted by Gasteiger charge is 2.44. The van der Waals surface area contributed by atoms with E-state index in [2.05, 4.69) is 10.8 Å². The Kier molecular flexibility index (Phi) is 6.07. The molecule has 9 nitrogen and oxygen atoms in total. The van der Waals surface area contributed by atoms with Gasteiger partial charge in [0.1, 0.15) is 5.75 Å². The normalized spacial score (nSPS) is 20.8. The summed E-state index contributed by atoms with van der Waals surface area (Å²) in [5.41, 5.74) is 5.62. The second kappa shape index (κ2) is 9.24. The zero-order valence-electron chi connectivity index (χ0n) is 22.2. The summed E-state index contributed by atoms with van der Waals surface area (Å²) < 4.78 is 35.7. The number of rotatable bonds is 6. The highest BCUT2D eigenvalue weighted by atomic mass is 32.2. The summed E-state index contributed by atoms with van der Waals surface area (Å²) in [5, 5.41) is 11.1. The molecular weight excluding hydrogens is 518 g/mol. The molecule has 0 radical (unpaired) electrons. The molecule has 2 heterocycles.